The molecule has 2 amide bonds. The summed E-state index contributed by atoms with van der Waals surface area (Å²) in [6.07, 6.45) is 0. The predicted molar refractivity (Wildman–Crippen MR) is 93.7 cm³/mol. The van der Waals surface area contributed by atoms with Gasteiger partial charge in [-0.3, -0.25) is 9.59 Å². The summed E-state index contributed by atoms with van der Waals surface area (Å²) in [6.45, 7) is 6.08. The fraction of sp³-hybridized carbons (Fsp3) is 0.353. The normalized spacial score (nSPS) is 10.5. The van der Waals surface area contributed by atoms with Gasteiger partial charge >= 0.3 is 0 Å². The maximum atomic E-state index is 12.5. The van der Waals surface area contributed by atoms with E-state index in [-0.39, 0.29) is 18.4 Å². The highest BCUT2D eigenvalue weighted by molar-refractivity contribution is 6.31. The number of carbonyl (C=O) groups excluding carboxylic acids is 2. The van der Waals surface area contributed by atoms with Crippen LogP contribution in [0.2, 0.25) is 5.02 Å². The fourth-order valence-electron chi connectivity index (χ4n) is 2.38. The Morgan fingerprint density at radius 1 is 1.25 bits per heavy atom. The van der Waals surface area contributed by atoms with E-state index in [1.165, 1.54) is 4.90 Å². The van der Waals surface area contributed by atoms with Gasteiger partial charge in [0.05, 0.1) is 28.6 Å². The van der Waals surface area contributed by atoms with Gasteiger partial charge in [-0.2, -0.15) is 5.10 Å². The minimum atomic E-state index is -0.195. The Morgan fingerprint density at radius 2 is 1.88 bits per heavy atom. The predicted octanol–water partition coefficient (Wildman–Crippen LogP) is 2.35. The highest BCUT2D eigenvalue weighted by atomic mass is 35.5. The van der Waals surface area contributed by atoms with Gasteiger partial charge in [-0.1, -0.05) is 11.6 Å². The summed E-state index contributed by atoms with van der Waals surface area (Å²) < 4.78 is 1.74. The van der Waals surface area contributed by atoms with E-state index in [0.29, 0.717) is 17.1 Å². The summed E-state index contributed by atoms with van der Waals surface area (Å²) in [4.78, 5) is 25.5. The van der Waals surface area contributed by atoms with Crippen LogP contribution in [0.5, 0.6) is 0 Å². The Labute approximate surface area is 146 Å². The summed E-state index contributed by atoms with van der Waals surface area (Å²) in [5.41, 5.74) is 2.96. The Hall–Kier alpha value is -2.34. The molecule has 0 atom stereocenters. The van der Waals surface area contributed by atoms with Gasteiger partial charge < -0.3 is 10.2 Å². The SMILES string of the molecule is CCN(CC(=O)NC)C(=O)c1ccc(-n2nc(C)c(Cl)c2C)cc1. The standard InChI is InChI=1S/C17H21ClN4O2/c1-5-21(10-15(23)19-4)17(24)13-6-8-14(9-7-13)22-12(3)16(18)11(2)20-22/h6-9H,5,10H2,1-4H3,(H,19,23). The number of likely N-dealkylation sites (N-methyl/N-ethyl adjacent to an activating group) is 2. The van der Waals surface area contributed by atoms with Crippen LogP contribution >= 0.6 is 11.6 Å². The zero-order chi connectivity index (χ0) is 17.9. The Balaban J connectivity index is 2.23. The maximum absolute atomic E-state index is 12.5. The van der Waals surface area contributed by atoms with Crippen molar-refractivity contribution in [3.63, 3.8) is 0 Å². The molecule has 2 rings (SSSR count). The summed E-state index contributed by atoms with van der Waals surface area (Å²) in [5, 5.41) is 7.55. The van der Waals surface area contributed by atoms with Gasteiger partial charge in [0, 0.05) is 19.2 Å². The van der Waals surface area contributed by atoms with Crippen LogP contribution in [0.1, 0.15) is 28.7 Å². The zero-order valence-electron chi connectivity index (χ0n) is 14.3. The molecule has 2 aromatic rings. The number of hydrogen-bond acceptors (Lipinski definition) is 3. The van der Waals surface area contributed by atoms with E-state index in [4.69, 9.17) is 11.6 Å². The number of aryl methyl sites for hydroxylation is 1. The number of carbonyl (C=O) groups is 2. The van der Waals surface area contributed by atoms with Crippen LogP contribution in [0.25, 0.3) is 5.69 Å². The molecule has 0 aliphatic rings. The first-order chi connectivity index (χ1) is 11.4. The number of benzene rings is 1. The number of aromatic nitrogens is 2. The second-order valence-corrected chi connectivity index (χ2v) is 5.81. The van der Waals surface area contributed by atoms with Gasteiger partial charge in [0.15, 0.2) is 0 Å². The molecule has 1 aromatic heterocycles. The zero-order valence-corrected chi connectivity index (χ0v) is 15.0. The van der Waals surface area contributed by atoms with Crippen molar-refractivity contribution in [3.8, 4) is 5.69 Å². The van der Waals surface area contributed by atoms with Crippen molar-refractivity contribution in [2.45, 2.75) is 20.8 Å². The molecular formula is C17H21ClN4O2. The van der Waals surface area contributed by atoms with Crippen LogP contribution in [0.15, 0.2) is 24.3 Å². The second-order valence-electron chi connectivity index (χ2n) is 5.44. The van der Waals surface area contributed by atoms with E-state index in [1.54, 1.807) is 23.9 Å². The van der Waals surface area contributed by atoms with E-state index in [9.17, 15) is 9.59 Å². The van der Waals surface area contributed by atoms with E-state index < -0.39 is 0 Å². The summed E-state index contributed by atoms with van der Waals surface area (Å²) >= 11 is 6.17. The lowest BCUT2D eigenvalue weighted by molar-refractivity contribution is -0.121. The van der Waals surface area contributed by atoms with Crippen molar-refractivity contribution in [3.05, 3.63) is 46.2 Å². The topological polar surface area (TPSA) is 67.2 Å². The van der Waals surface area contributed by atoms with Crippen LogP contribution in [0.3, 0.4) is 0 Å². The fourth-order valence-corrected chi connectivity index (χ4v) is 2.50. The lowest BCUT2D eigenvalue weighted by atomic mass is 10.1. The third-order valence-electron chi connectivity index (χ3n) is 3.84. The second kappa shape index (κ2) is 7.49. The lowest BCUT2D eigenvalue weighted by Crippen LogP contribution is -2.39. The third kappa shape index (κ3) is 3.59. The lowest BCUT2D eigenvalue weighted by Gasteiger charge is -2.20. The molecule has 0 aliphatic heterocycles. The maximum Gasteiger partial charge on any atom is 0.254 e. The molecule has 0 bridgehead atoms. The Kier molecular flexibility index (Phi) is 5.62. The molecule has 0 fully saturated rings. The molecule has 7 heteroatoms. The molecule has 1 heterocycles. The van der Waals surface area contributed by atoms with E-state index in [1.807, 2.05) is 32.9 Å². The monoisotopic (exact) mass is 348 g/mol. The third-order valence-corrected chi connectivity index (χ3v) is 4.39. The molecule has 128 valence electrons. The quantitative estimate of drug-likeness (QED) is 0.901. The minimum absolute atomic E-state index is 0.0423. The van der Waals surface area contributed by atoms with Crippen LogP contribution in [0, 0.1) is 13.8 Å². The first-order valence-corrected chi connectivity index (χ1v) is 8.08. The van der Waals surface area contributed by atoms with E-state index in [0.717, 1.165) is 17.1 Å². The largest absolute Gasteiger partial charge is 0.358 e. The number of rotatable bonds is 5. The van der Waals surface area contributed by atoms with Crippen LogP contribution in [-0.4, -0.2) is 46.6 Å². The average molecular weight is 349 g/mol. The molecule has 0 radical (unpaired) electrons. The van der Waals surface area contributed by atoms with Crippen molar-refractivity contribution < 1.29 is 9.59 Å². The molecule has 1 aromatic carbocycles. The molecule has 0 saturated carbocycles. The summed E-state index contributed by atoms with van der Waals surface area (Å²) in [6, 6.07) is 7.09. The number of nitrogens with zero attached hydrogens (tertiary/aromatic N) is 3. The number of amides is 2. The Bertz CT molecular complexity index is 753. The molecule has 1 N–H and O–H groups in total. The first kappa shape index (κ1) is 18.0. The van der Waals surface area contributed by atoms with Crippen molar-refractivity contribution in [2.24, 2.45) is 0 Å². The van der Waals surface area contributed by atoms with Crippen molar-refractivity contribution in [2.75, 3.05) is 20.1 Å². The highest BCUT2D eigenvalue weighted by Crippen LogP contribution is 2.22. The summed E-state index contributed by atoms with van der Waals surface area (Å²) in [7, 11) is 1.55. The van der Waals surface area contributed by atoms with Gasteiger partial charge in [-0.05, 0) is 45.0 Å². The molecule has 0 saturated heterocycles. The van der Waals surface area contributed by atoms with Crippen LogP contribution in [-0.2, 0) is 4.79 Å². The molecule has 0 spiro atoms. The molecule has 24 heavy (non-hydrogen) atoms. The van der Waals surface area contributed by atoms with E-state index in [2.05, 4.69) is 10.4 Å². The van der Waals surface area contributed by atoms with Crippen molar-refractivity contribution >= 4 is 23.4 Å². The molecule has 6 nitrogen and oxygen atoms in total. The van der Waals surface area contributed by atoms with E-state index >= 15 is 0 Å². The molecular weight excluding hydrogens is 328 g/mol. The van der Waals surface area contributed by atoms with Crippen LogP contribution in [0.4, 0.5) is 0 Å². The molecule has 0 aliphatic carbocycles. The van der Waals surface area contributed by atoms with Gasteiger partial charge in [0.25, 0.3) is 5.91 Å². The van der Waals surface area contributed by atoms with Crippen molar-refractivity contribution in [1.29, 1.82) is 0 Å². The molecule has 0 unspecified atom stereocenters. The first-order valence-electron chi connectivity index (χ1n) is 7.71. The number of nitrogens with one attached hydrogen (secondary N) is 1. The number of halogens is 1. The Morgan fingerprint density at radius 3 is 2.33 bits per heavy atom. The van der Waals surface area contributed by atoms with Crippen molar-refractivity contribution in [1.82, 2.24) is 20.0 Å². The number of hydrogen-bond donors (Lipinski definition) is 1. The van der Waals surface area contributed by atoms with Gasteiger partial charge in [-0.15, -0.1) is 0 Å². The van der Waals surface area contributed by atoms with Gasteiger partial charge in [0.2, 0.25) is 5.91 Å². The average Bonchev–Trinajstić information content (AvgIpc) is 2.86. The smallest absolute Gasteiger partial charge is 0.254 e. The summed E-state index contributed by atoms with van der Waals surface area (Å²) in [5.74, 6) is -0.377. The van der Waals surface area contributed by atoms with Gasteiger partial charge in [0.1, 0.15) is 0 Å². The van der Waals surface area contributed by atoms with Gasteiger partial charge in [-0.25, -0.2) is 4.68 Å². The van der Waals surface area contributed by atoms with Crippen LogP contribution < -0.4 is 5.32 Å². The minimum Gasteiger partial charge on any atom is -0.358 e. The highest BCUT2D eigenvalue weighted by Gasteiger charge is 2.17.